The average Bonchev–Trinajstić information content (AvgIpc) is 2.23. The standard InChI is InChI=1S/C7H15NO6P2S/c1-8-5-7(16(12,13)14,3-2-4-17-8)6-15(9,10)11/h2,4H,3,5-6H2,1H3,(H2,9,10,11)(H2,12,13,14). The summed E-state index contributed by atoms with van der Waals surface area (Å²) in [5.74, 6) is 0. The van der Waals surface area contributed by atoms with Crippen molar-refractivity contribution in [2.45, 2.75) is 11.6 Å². The highest BCUT2D eigenvalue weighted by molar-refractivity contribution is 7.99. The van der Waals surface area contributed by atoms with Crippen LogP contribution in [0.5, 0.6) is 0 Å². The molecule has 1 rings (SSSR count). The Balaban J connectivity index is 3.14. The van der Waals surface area contributed by atoms with Crippen LogP contribution in [-0.4, -0.2) is 48.8 Å². The third kappa shape index (κ3) is 4.19. The van der Waals surface area contributed by atoms with Gasteiger partial charge in [0.2, 0.25) is 0 Å². The third-order valence-corrected chi connectivity index (χ3v) is 6.26. The molecule has 1 aliphatic heterocycles. The van der Waals surface area contributed by atoms with E-state index in [0.29, 0.717) is 0 Å². The van der Waals surface area contributed by atoms with Crippen LogP contribution in [-0.2, 0) is 9.13 Å². The van der Waals surface area contributed by atoms with Crippen LogP contribution >= 0.6 is 27.1 Å². The Bertz CT molecular complexity index is 403. The minimum absolute atomic E-state index is 0.0558. The lowest BCUT2D eigenvalue weighted by atomic mass is 10.1. The van der Waals surface area contributed by atoms with Gasteiger partial charge in [-0.15, -0.1) is 0 Å². The largest absolute Gasteiger partial charge is 0.333 e. The van der Waals surface area contributed by atoms with E-state index in [9.17, 15) is 18.9 Å². The summed E-state index contributed by atoms with van der Waals surface area (Å²) in [6.45, 7) is -0.0833. The summed E-state index contributed by atoms with van der Waals surface area (Å²) < 4.78 is 24.2. The second-order valence-electron chi connectivity index (χ2n) is 4.06. The Hall–Kier alpha value is 0.350. The van der Waals surface area contributed by atoms with E-state index in [0.717, 1.165) is 0 Å². The number of nitrogens with zero attached hydrogens (tertiary/aromatic N) is 1. The minimum Gasteiger partial charge on any atom is -0.324 e. The molecule has 0 fully saturated rings. The van der Waals surface area contributed by atoms with E-state index in [1.54, 1.807) is 16.8 Å². The molecular weight excluding hydrogens is 288 g/mol. The van der Waals surface area contributed by atoms with Crippen LogP contribution in [0.4, 0.5) is 0 Å². The molecule has 1 unspecified atom stereocenters. The summed E-state index contributed by atoms with van der Waals surface area (Å²) in [6, 6.07) is 0. The molecule has 4 N–H and O–H groups in total. The van der Waals surface area contributed by atoms with Crippen LogP contribution in [0.15, 0.2) is 11.5 Å². The van der Waals surface area contributed by atoms with Crippen molar-refractivity contribution in [3.63, 3.8) is 0 Å². The molecule has 10 heteroatoms. The van der Waals surface area contributed by atoms with Crippen LogP contribution in [0, 0.1) is 0 Å². The summed E-state index contributed by atoms with van der Waals surface area (Å²) in [5.41, 5.74) is 0. The lowest BCUT2D eigenvalue weighted by Gasteiger charge is -2.34. The van der Waals surface area contributed by atoms with Crippen LogP contribution in [0.3, 0.4) is 0 Å². The van der Waals surface area contributed by atoms with Gasteiger partial charge in [0.05, 0.1) is 6.16 Å². The summed E-state index contributed by atoms with van der Waals surface area (Å²) in [4.78, 5) is 36.8. The van der Waals surface area contributed by atoms with Crippen molar-refractivity contribution < 1.29 is 28.7 Å². The average molecular weight is 303 g/mol. The fourth-order valence-electron chi connectivity index (χ4n) is 1.73. The summed E-state index contributed by atoms with van der Waals surface area (Å²) in [7, 11) is -7.52. The van der Waals surface area contributed by atoms with Crippen LogP contribution in [0.1, 0.15) is 6.42 Å². The smallest absolute Gasteiger partial charge is 0.324 e. The van der Waals surface area contributed by atoms with Crippen molar-refractivity contribution in [2.75, 3.05) is 19.8 Å². The van der Waals surface area contributed by atoms with Gasteiger partial charge in [0.25, 0.3) is 0 Å². The van der Waals surface area contributed by atoms with Gasteiger partial charge in [-0.2, -0.15) is 0 Å². The molecule has 0 aromatic carbocycles. The highest BCUT2D eigenvalue weighted by atomic mass is 32.2. The number of rotatable bonds is 3. The highest BCUT2D eigenvalue weighted by Crippen LogP contribution is 2.59. The van der Waals surface area contributed by atoms with E-state index in [2.05, 4.69) is 0 Å². The Labute approximate surface area is 103 Å². The second-order valence-corrected chi connectivity index (χ2v) is 8.85. The van der Waals surface area contributed by atoms with E-state index in [4.69, 9.17) is 9.79 Å². The number of hydrogen-bond donors (Lipinski definition) is 4. The van der Waals surface area contributed by atoms with Gasteiger partial charge in [0.15, 0.2) is 0 Å². The van der Waals surface area contributed by atoms with Gasteiger partial charge < -0.3 is 19.6 Å². The van der Waals surface area contributed by atoms with Crippen molar-refractivity contribution in [1.29, 1.82) is 0 Å². The van der Waals surface area contributed by atoms with Gasteiger partial charge in [-0.1, -0.05) is 18.0 Å². The highest BCUT2D eigenvalue weighted by Gasteiger charge is 2.51. The molecule has 7 nitrogen and oxygen atoms in total. The summed E-state index contributed by atoms with van der Waals surface area (Å²) in [6.07, 6.45) is 0.655. The predicted octanol–water partition coefficient (Wildman–Crippen LogP) is 0.578. The monoisotopic (exact) mass is 303 g/mol. The van der Waals surface area contributed by atoms with E-state index >= 15 is 0 Å². The van der Waals surface area contributed by atoms with Crippen LogP contribution in [0.25, 0.3) is 0 Å². The molecule has 1 aliphatic rings. The Kier molecular flexibility index (Phi) is 4.67. The lowest BCUT2D eigenvalue weighted by molar-refractivity contribution is 0.299. The zero-order valence-corrected chi connectivity index (χ0v) is 11.7. The summed E-state index contributed by atoms with van der Waals surface area (Å²) >= 11 is 1.24. The minimum atomic E-state index is -4.63. The molecular formula is C7H15NO6P2S. The van der Waals surface area contributed by atoms with Crippen molar-refractivity contribution in [3.05, 3.63) is 11.5 Å². The third-order valence-electron chi connectivity index (χ3n) is 2.47. The molecule has 0 bridgehead atoms. The van der Waals surface area contributed by atoms with Gasteiger partial charge in [0, 0.05) is 6.54 Å². The Morgan fingerprint density at radius 1 is 1.35 bits per heavy atom. The summed E-state index contributed by atoms with van der Waals surface area (Å²) in [5, 5.41) is -0.0716. The van der Waals surface area contributed by atoms with E-state index < -0.39 is 26.5 Å². The van der Waals surface area contributed by atoms with Crippen molar-refractivity contribution in [1.82, 2.24) is 4.31 Å². The molecule has 0 spiro atoms. The molecule has 17 heavy (non-hydrogen) atoms. The SMILES string of the molecule is CN1CC(CP(=O)(O)O)(P(=O)(O)O)CC=CS1. The second kappa shape index (κ2) is 5.15. The predicted molar refractivity (Wildman–Crippen MR) is 65.7 cm³/mol. The maximum Gasteiger partial charge on any atom is 0.333 e. The number of allylic oxidation sites excluding steroid dienone is 1. The maximum atomic E-state index is 11.6. The van der Waals surface area contributed by atoms with Gasteiger partial charge in [-0.3, -0.25) is 9.13 Å². The Morgan fingerprint density at radius 3 is 2.41 bits per heavy atom. The van der Waals surface area contributed by atoms with Crippen molar-refractivity contribution in [2.24, 2.45) is 0 Å². The van der Waals surface area contributed by atoms with E-state index in [-0.39, 0.29) is 13.0 Å². The molecule has 100 valence electrons. The molecule has 1 atom stereocenters. The molecule has 0 saturated heterocycles. The van der Waals surface area contributed by atoms with Crippen LogP contribution in [0.2, 0.25) is 0 Å². The maximum absolute atomic E-state index is 11.6. The first-order chi connectivity index (χ1) is 7.56. The van der Waals surface area contributed by atoms with E-state index in [1.165, 1.54) is 18.0 Å². The topological polar surface area (TPSA) is 118 Å². The van der Waals surface area contributed by atoms with Gasteiger partial charge in [-0.25, -0.2) is 4.31 Å². The first-order valence-corrected chi connectivity index (χ1v) is 8.94. The van der Waals surface area contributed by atoms with E-state index in [1.807, 2.05) is 0 Å². The zero-order valence-electron chi connectivity index (χ0n) is 9.13. The molecule has 0 amide bonds. The van der Waals surface area contributed by atoms with Crippen molar-refractivity contribution in [3.8, 4) is 0 Å². The zero-order chi connectivity index (χ0) is 13.3. The molecule has 0 saturated carbocycles. The van der Waals surface area contributed by atoms with Gasteiger partial charge in [-0.05, 0) is 18.9 Å². The van der Waals surface area contributed by atoms with Gasteiger partial charge >= 0.3 is 15.2 Å². The lowest BCUT2D eigenvalue weighted by Crippen LogP contribution is -2.41. The fraction of sp³-hybridized carbons (Fsp3) is 0.714. The normalized spacial score (nSPS) is 28.1. The Morgan fingerprint density at radius 2 is 1.94 bits per heavy atom. The first kappa shape index (κ1) is 15.4. The van der Waals surface area contributed by atoms with Gasteiger partial charge in [0.1, 0.15) is 5.16 Å². The van der Waals surface area contributed by atoms with Crippen LogP contribution < -0.4 is 0 Å². The molecule has 1 heterocycles. The number of hydrogen-bond acceptors (Lipinski definition) is 4. The van der Waals surface area contributed by atoms with Crippen molar-refractivity contribution >= 4 is 27.1 Å². The molecule has 0 aromatic rings. The quantitative estimate of drug-likeness (QED) is 0.441. The molecule has 0 aliphatic carbocycles. The fourth-order valence-corrected chi connectivity index (χ4v) is 5.56. The first-order valence-electron chi connectivity index (χ1n) is 4.69. The molecule has 0 radical (unpaired) electrons. The molecule has 0 aromatic heterocycles.